The monoisotopic (exact) mass is 368 g/mol. The Morgan fingerprint density at radius 1 is 0.846 bits per heavy atom. The predicted octanol–water partition coefficient (Wildman–Crippen LogP) is 6.43. The maximum atomic E-state index is 11.9. The number of aliphatic carboxylic acids is 1. The molecule has 0 bridgehead atoms. The van der Waals surface area contributed by atoms with Crippen molar-refractivity contribution in [2.75, 3.05) is 21.1 Å². The van der Waals surface area contributed by atoms with Crippen molar-refractivity contribution in [1.29, 1.82) is 0 Å². The summed E-state index contributed by atoms with van der Waals surface area (Å²) in [6.07, 6.45) is 20.4. The van der Waals surface area contributed by atoms with Gasteiger partial charge in [0.15, 0.2) is 6.04 Å². The maximum absolute atomic E-state index is 11.9. The molecule has 0 aliphatic heterocycles. The minimum Gasteiger partial charge on any atom is -0.477 e. The number of hydrogen-bond donors (Lipinski definition) is 1. The average molecular weight is 369 g/mol. The Kier molecular flexibility index (Phi) is 14.8. The number of nitrogens with zero attached hydrogens (tertiary/aromatic N) is 1. The van der Waals surface area contributed by atoms with Crippen LogP contribution in [0.5, 0.6) is 0 Å². The van der Waals surface area contributed by atoms with Crippen molar-refractivity contribution in [2.45, 2.75) is 103 Å². The number of likely N-dealkylation sites (N-methyl/N-ethyl adjacent to an activating group) is 1. The third kappa shape index (κ3) is 12.5. The van der Waals surface area contributed by atoms with Crippen molar-refractivity contribution in [3.8, 4) is 0 Å². The highest BCUT2D eigenvalue weighted by Gasteiger charge is 2.38. The Bertz CT molecular complexity index is 371. The summed E-state index contributed by atoms with van der Waals surface area (Å²) in [5.41, 5.74) is 0. The van der Waals surface area contributed by atoms with Gasteiger partial charge in [0.25, 0.3) is 0 Å². The van der Waals surface area contributed by atoms with Gasteiger partial charge in [0, 0.05) is 5.92 Å². The van der Waals surface area contributed by atoms with Gasteiger partial charge >= 0.3 is 5.97 Å². The number of unbranched alkanes of at least 4 members (excludes halogenated alkanes) is 9. The standard InChI is InChI=1S/C23H45NO2/c1-6-8-10-12-13-14-15-16-18-20-21(19-17-11-9-7-2)22(23(25)26)24(3,4)5/h16,18,21-22H,6-15,17,19-20H2,1-5H3/p+1. The smallest absolute Gasteiger partial charge is 0.362 e. The zero-order valence-electron chi connectivity index (χ0n) is 18.3. The molecule has 0 fully saturated rings. The van der Waals surface area contributed by atoms with E-state index in [1.807, 2.05) is 21.1 Å². The van der Waals surface area contributed by atoms with Gasteiger partial charge in [-0.2, -0.15) is 0 Å². The van der Waals surface area contributed by atoms with Crippen molar-refractivity contribution in [2.24, 2.45) is 5.92 Å². The zero-order valence-corrected chi connectivity index (χ0v) is 18.3. The van der Waals surface area contributed by atoms with Crippen LogP contribution in [0.3, 0.4) is 0 Å². The topological polar surface area (TPSA) is 37.3 Å². The first-order valence-corrected chi connectivity index (χ1v) is 11.0. The van der Waals surface area contributed by atoms with Crippen molar-refractivity contribution >= 4 is 5.97 Å². The lowest BCUT2D eigenvalue weighted by molar-refractivity contribution is -0.891. The molecule has 0 spiro atoms. The second-order valence-corrected chi connectivity index (χ2v) is 8.77. The van der Waals surface area contributed by atoms with E-state index in [1.165, 1.54) is 57.8 Å². The molecule has 3 heteroatoms. The Balaban J connectivity index is 4.46. The van der Waals surface area contributed by atoms with E-state index in [9.17, 15) is 9.90 Å². The number of allylic oxidation sites excluding steroid dienone is 2. The first-order valence-electron chi connectivity index (χ1n) is 11.0. The molecule has 0 saturated heterocycles. The predicted molar refractivity (Wildman–Crippen MR) is 113 cm³/mol. The summed E-state index contributed by atoms with van der Waals surface area (Å²) >= 11 is 0. The summed E-state index contributed by atoms with van der Waals surface area (Å²) in [4.78, 5) is 11.9. The van der Waals surface area contributed by atoms with Crippen molar-refractivity contribution in [3.63, 3.8) is 0 Å². The molecule has 0 radical (unpaired) electrons. The quantitative estimate of drug-likeness (QED) is 0.182. The molecule has 0 amide bonds. The van der Waals surface area contributed by atoms with Crippen LogP contribution in [0.2, 0.25) is 0 Å². The van der Waals surface area contributed by atoms with Crippen molar-refractivity contribution < 1.29 is 14.4 Å². The molecule has 0 aromatic heterocycles. The Labute approximate surface area is 163 Å². The summed E-state index contributed by atoms with van der Waals surface area (Å²) in [7, 11) is 6.04. The molecule has 2 unspecified atom stereocenters. The van der Waals surface area contributed by atoms with E-state index in [1.54, 1.807) is 0 Å². The molecule has 0 heterocycles. The number of carboxylic acid groups (broad SMARTS) is 1. The lowest BCUT2D eigenvalue weighted by Crippen LogP contribution is -2.53. The molecule has 0 aliphatic carbocycles. The minimum absolute atomic E-state index is 0.227. The first kappa shape index (κ1) is 25.2. The van der Waals surface area contributed by atoms with Crippen LogP contribution in [0.1, 0.15) is 97.3 Å². The molecule has 154 valence electrons. The zero-order chi connectivity index (χ0) is 19.8. The molecule has 0 aromatic carbocycles. The van der Waals surface area contributed by atoms with Gasteiger partial charge in [0.2, 0.25) is 0 Å². The summed E-state index contributed by atoms with van der Waals surface area (Å²) in [6.45, 7) is 4.47. The third-order valence-corrected chi connectivity index (χ3v) is 5.29. The maximum Gasteiger partial charge on any atom is 0.362 e. The molecule has 0 aliphatic rings. The van der Waals surface area contributed by atoms with Crippen LogP contribution in [-0.4, -0.2) is 42.7 Å². The molecule has 0 aromatic rings. The van der Waals surface area contributed by atoms with Crippen LogP contribution >= 0.6 is 0 Å². The van der Waals surface area contributed by atoms with Crippen LogP contribution in [0, 0.1) is 5.92 Å². The average Bonchev–Trinajstić information content (AvgIpc) is 2.55. The molecule has 2 atom stereocenters. The van der Waals surface area contributed by atoms with Gasteiger partial charge in [-0.25, -0.2) is 4.79 Å². The summed E-state index contributed by atoms with van der Waals surface area (Å²) in [6, 6.07) is -0.324. The van der Waals surface area contributed by atoms with Gasteiger partial charge in [-0.3, -0.25) is 0 Å². The molecular weight excluding hydrogens is 322 g/mol. The Morgan fingerprint density at radius 3 is 1.92 bits per heavy atom. The second kappa shape index (κ2) is 15.2. The minimum atomic E-state index is -0.651. The normalized spacial score (nSPS) is 14.7. The van der Waals surface area contributed by atoms with E-state index in [4.69, 9.17) is 0 Å². The van der Waals surface area contributed by atoms with Crippen LogP contribution in [0.15, 0.2) is 12.2 Å². The lowest BCUT2D eigenvalue weighted by atomic mass is 9.88. The fourth-order valence-corrected chi connectivity index (χ4v) is 3.83. The Morgan fingerprint density at radius 2 is 1.38 bits per heavy atom. The highest BCUT2D eigenvalue weighted by atomic mass is 16.4. The number of quaternary nitrogens is 1. The van der Waals surface area contributed by atoms with E-state index in [0.717, 1.165) is 25.7 Å². The summed E-state index contributed by atoms with van der Waals surface area (Å²) < 4.78 is 0.499. The highest BCUT2D eigenvalue weighted by molar-refractivity contribution is 5.72. The molecule has 0 saturated carbocycles. The van der Waals surface area contributed by atoms with Gasteiger partial charge < -0.3 is 9.59 Å². The van der Waals surface area contributed by atoms with E-state index < -0.39 is 5.97 Å². The molecular formula is C23H46NO2+. The van der Waals surface area contributed by atoms with Crippen molar-refractivity contribution in [3.05, 3.63) is 12.2 Å². The van der Waals surface area contributed by atoms with Gasteiger partial charge in [-0.15, -0.1) is 0 Å². The van der Waals surface area contributed by atoms with E-state index in [2.05, 4.69) is 26.0 Å². The van der Waals surface area contributed by atoms with Crippen LogP contribution < -0.4 is 0 Å². The third-order valence-electron chi connectivity index (χ3n) is 5.29. The van der Waals surface area contributed by atoms with Crippen LogP contribution in [0.25, 0.3) is 0 Å². The number of rotatable bonds is 17. The number of hydrogen-bond acceptors (Lipinski definition) is 1. The fourth-order valence-electron chi connectivity index (χ4n) is 3.83. The van der Waals surface area contributed by atoms with Gasteiger partial charge in [-0.1, -0.05) is 83.8 Å². The van der Waals surface area contributed by atoms with E-state index >= 15 is 0 Å². The first-order chi connectivity index (χ1) is 12.3. The number of carbonyl (C=O) groups is 1. The van der Waals surface area contributed by atoms with Crippen LogP contribution in [0.4, 0.5) is 0 Å². The van der Waals surface area contributed by atoms with Gasteiger partial charge in [0.1, 0.15) is 0 Å². The van der Waals surface area contributed by atoms with Crippen molar-refractivity contribution in [1.82, 2.24) is 0 Å². The van der Waals surface area contributed by atoms with Crippen LogP contribution in [-0.2, 0) is 4.79 Å². The fraction of sp³-hybridized carbons (Fsp3) is 0.870. The second-order valence-electron chi connectivity index (χ2n) is 8.77. The van der Waals surface area contributed by atoms with Gasteiger partial charge in [0.05, 0.1) is 21.1 Å². The molecule has 1 N–H and O–H groups in total. The summed E-state index contributed by atoms with van der Waals surface area (Å²) in [5, 5.41) is 9.79. The van der Waals surface area contributed by atoms with E-state index in [-0.39, 0.29) is 12.0 Å². The van der Waals surface area contributed by atoms with E-state index in [0.29, 0.717) is 4.48 Å². The molecule has 3 nitrogen and oxygen atoms in total. The highest BCUT2D eigenvalue weighted by Crippen LogP contribution is 2.25. The van der Waals surface area contributed by atoms with Gasteiger partial charge in [-0.05, 0) is 25.7 Å². The number of carboxylic acids is 1. The SMILES string of the molecule is CCCCCCCCC=CCC(CCCCCC)C(C(=O)O)[N+](C)(C)C. The lowest BCUT2D eigenvalue weighted by Gasteiger charge is -2.36. The largest absolute Gasteiger partial charge is 0.477 e. The molecule has 26 heavy (non-hydrogen) atoms. The molecule has 0 rings (SSSR count). The Hall–Kier alpha value is -0.830. The summed E-state index contributed by atoms with van der Waals surface area (Å²) in [5.74, 6) is -0.424.